The second-order valence-corrected chi connectivity index (χ2v) is 5.68. The Bertz CT molecular complexity index is 811. The van der Waals surface area contributed by atoms with Gasteiger partial charge in [0.15, 0.2) is 17.3 Å². The normalized spacial score (nSPS) is 10.6. The molecular weight excluding hydrogens is 330 g/mol. The van der Waals surface area contributed by atoms with E-state index in [9.17, 15) is 9.59 Å². The molecule has 0 aliphatic carbocycles. The van der Waals surface area contributed by atoms with E-state index in [1.807, 2.05) is 19.1 Å². The number of ketones is 1. The summed E-state index contributed by atoms with van der Waals surface area (Å²) in [6, 6.07) is 12.4. The molecule has 1 N–H and O–H groups in total. The van der Waals surface area contributed by atoms with Crippen LogP contribution in [0.5, 0.6) is 11.5 Å². The molecule has 2 aromatic rings. The van der Waals surface area contributed by atoms with Gasteiger partial charge in [0, 0.05) is 11.6 Å². The zero-order valence-corrected chi connectivity index (χ0v) is 15.2. The summed E-state index contributed by atoms with van der Waals surface area (Å²) in [5, 5.41) is 2.73. The number of carbonyl (C=O) groups excluding carboxylic acids is 2. The van der Waals surface area contributed by atoms with E-state index in [4.69, 9.17) is 9.47 Å². The Labute approximate surface area is 153 Å². The van der Waals surface area contributed by atoms with Crippen LogP contribution in [0.25, 0.3) is 6.08 Å². The van der Waals surface area contributed by atoms with Crippen LogP contribution in [0.1, 0.15) is 36.2 Å². The number of nitrogens with one attached hydrogen (secondary N) is 1. The van der Waals surface area contributed by atoms with Crippen LogP contribution in [0.15, 0.2) is 48.5 Å². The van der Waals surface area contributed by atoms with Gasteiger partial charge in [-0.05, 0) is 49.2 Å². The van der Waals surface area contributed by atoms with E-state index in [0.717, 1.165) is 12.0 Å². The molecule has 0 radical (unpaired) electrons. The summed E-state index contributed by atoms with van der Waals surface area (Å²) in [5.41, 5.74) is 1.78. The third-order valence-corrected chi connectivity index (χ3v) is 3.64. The van der Waals surface area contributed by atoms with Gasteiger partial charge in [0.2, 0.25) is 5.91 Å². The fourth-order valence-electron chi connectivity index (χ4n) is 2.36. The molecule has 2 rings (SSSR count). The van der Waals surface area contributed by atoms with Gasteiger partial charge >= 0.3 is 0 Å². The lowest BCUT2D eigenvalue weighted by atomic mass is 10.1. The molecule has 136 valence electrons. The van der Waals surface area contributed by atoms with E-state index < -0.39 is 0 Å². The van der Waals surface area contributed by atoms with Crippen LogP contribution in [0.3, 0.4) is 0 Å². The summed E-state index contributed by atoms with van der Waals surface area (Å²) in [6.45, 7) is 4.12. The number of rotatable bonds is 8. The van der Waals surface area contributed by atoms with Crippen LogP contribution < -0.4 is 14.8 Å². The minimum Gasteiger partial charge on any atom is -0.493 e. The second kappa shape index (κ2) is 9.42. The fraction of sp³-hybridized carbons (Fsp3) is 0.238. The summed E-state index contributed by atoms with van der Waals surface area (Å²) in [7, 11) is 1.58. The van der Waals surface area contributed by atoms with E-state index in [1.165, 1.54) is 13.0 Å². The molecule has 0 unspecified atom stereocenters. The van der Waals surface area contributed by atoms with Crippen molar-refractivity contribution < 1.29 is 19.1 Å². The van der Waals surface area contributed by atoms with E-state index in [0.29, 0.717) is 29.4 Å². The summed E-state index contributed by atoms with van der Waals surface area (Å²) in [4.78, 5) is 23.8. The number of benzene rings is 2. The number of hydrogen-bond acceptors (Lipinski definition) is 4. The van der Waals surface area contributed by atoms with Crippen LogP contribution in [0, 0.1) is 0 Å². The van der Waals surface area contributed by atoms with E-state index in [1.54, 1.807) is 43.5 Å². The smallest absolute Gasteiger partial charge is 0.248 e. The molecule has 0 aromatic heterocycles. The van der Waals surface area contributed by atoms with Crippen LogP contribution >= 0.6 is 0 Å². The van der Waals surface area contributed by atoms with Gasteiger partial charge in [-0.15, -0.1) is 0 Å². The Balaban J connectivity index is 2.09. The van der Waals surface area contributed by atoms with Crippen molar-refractivity contribution in [3.8, 4) is 11.5 Å². The molecule has 0 aliphatic heterocycles. The molecule has 0 saturated heterocycles. The molecule has 1 amide bonds. The summed E-state index contributed by atoms with van der Waals surface area (Å²) in [5.74, 6) is 0.871. The Morgan fingerprint density at radius 2 is 1.88 bits per heavy atom. The second-order valence-electron chi connectivity index (χ2n) is 5.68. The number of para-hydroxylation sites is 1. The molecule has 0 fully saturated rings. The van der Waals surface area contributed by atoms with Gasteiger partial charge in [-0.3, -0.25) is 9.59 Å². The standard InChI is InChI=1S/C21H23NO4/c1-4-13-26-19-11-9-16(14-20(19)25-3)10-12-21(24)22-18-8-6-5-7-17(18)15(2)23/h5-12,14H,4,13H2,1-3H3,(H,22,24)/b12-10+. The minimum atomic E-state index is -0.316. The Kier molecular flexibility index (Phi) is 6.97. The number of Topliss-reactive ketones (excluding diaryl/α,β-unsaturated/α-hetero) is 1. The maximum Gasteiger partial charge on any atom is 0.248 e. The first-order valence-electron chi connectivity index (χ1n) is 8.45. The Morgan fingerprint density at radius 1 is 1.12 bits per heavy atom. The molecule has 5 nitrogen and oxygen atoms in total. The van der Waals surface area contributed by atoms with Crippen molar-refractivity contribution in [1.29, 1.82) is 0 Å². The predicted molar refractivity (Wildman–Crippen MR) is 103 cm³/mol. The molecule has 0 atom stereocenters. The zero-order chi connectivity index (χ0) is 18.9. The first kappa shape index (κ1) is 19.2. The maximum atomic E-state index is 12.2. The van der Waals surface area contributed by atoms with Gasteiger partial charge in [0.05, 0.1) is 19.4 Å². The lowest BCUT2D eigenvalue weighted by Crippen LogP contribution is -2.11. The van der Waals surface area contributed by atoms with Gasteiger partial charge in [-0.2, -0.15) is 0 Å². The van der Waals surface area contributed by atoms with E-state index >= 15 is 0 Å². The largest absolute Gasteiger partial charge is 0.493 e. The lowest BCUT2D eigenvalue weighted by molar-refractivity contribution is -0.111. The average Bonchev–Trinajstić information content (AvgIpc) is 2.65. The first-order valence-corrected chi connectivity index (χ1v) is 8.45. The van der Waals surface area contributed by atoms with Crippen molar-refractivity contribution >= 4 is 23.5 Å². The Hall–Kier alpha value is -3.08. The summed E-state index contributed by atoms with van der Waals surface area (Å²) < 4.78 is 10.9. The molecule has 2 aromatic carbocycles. The number of hydrogen-bond donors (Lipinski definition) is 1. The number of ether oxygens (including phenoxy) is 2. The highest BCUT2D eigenvalue weighted by Crippen LogP contribution is 2.28. The third kappa shape index (κ3) is 5.21. The van der Waals surface area contributed by atoms with Gasteiger partial charge < -0.3 is 14.8 Å². The maximum absolute atomic E-state index is 12.2. The minimum absolute atomic E-state index is 0.0997. The quantitative estimate of drug-likeness (QED) is 0.566. The molecular formula is C21H23NO4. The van der Waals surface area contributed by atoms with Gasteiger partial charge in [-0.1, -0.05) is 25.1 Å². The highest BCUT2D eigenvalue weighted by atomic mass is 16.5. The van der Waals surface area contributed by atoms with Gasteiger partial charge in [-0.25, -0.2) is 0 Å². The number of carbonyl (C=O) groups is 2. The monoisotopic (exact) mass is 353 g/mol. The van der Waals surface area contributed by atoms with Crippen LogP contribution in [-0.2, 0) is 4.79 Å². The van der Waals surface area contributed by atoms with Crippen molar-refractivity contribution in [2.75, 3.05) is 19.0 Å². The number of amides is 1. The highest BCUT2D eigenvalue weighted by Gasteiger charge is 2.08. The van der Waals surface area contributed by atoms with E-state index in [2.05, 4.69) is 5.32 Å². The predicted octanol–water partition coefficient (Wildman–Crippen LogP) is 4.34. The van der Waals surface area contributed by atoms with Crippen LogP contribution in [-0.4, -0.2) is 25.4 Å². The lowest BCUT2D eigenvalue weighted by Gasteiger charge is -2.10. The molecule has 26 heavy (non-hydrogen) atoms. The summed E-state index contributed by atoms with van der Waals surface area (Å²) >= 11 is 0. The van der Waals surface area contributed by atoms with Gasteiger partial charge in [0.1, 0.15) is 0 Å². The average molecular weight is 353 g/mol. The van der Waals surface area contributed by atoms with Crippen LogP contribution in [0.2, 0.25) is 0 Å². The van der Waals surface area contributed by atoms with Crippen molar-refractivity contribution in [2.24, 2.45) is 0 Å². The molecule has 0 heterocycles. The molecule has 0 aliphatic rings. The van der Waals surface area contributed by atoms with Crippen molar-refractivity contribution in [3.63, 3.8) is 0 Å². The highest BCUT2D eigenvalue weighted by molar-refractivity contribution is 6.07. The Morgan fingerprint density at radius 3 is 2.58 bits per heavy atom. The molecule has 5 heteroatoms. The number of anilines is 1. The van der Waals surface area contributed by atoms with Crippen molar-refractivity contribution in [2.45, 2.75) is 20.3 Å². The third-order valence-electron chi connectivity index (χ3n) is 3.64. The zero-order valence-electron chi connectivity index (χ0n) is 15.2. The topological polar surface area (TPSA) is 64.6 Å². The first-order chi connectivity index (χ1) is 12.5. The fourth-order valence-corrected chi connectivity index (χ4v) is 2.36. The van der Waals surface area contributed by atoms with E-state index in [-0.39, 0.29) is 11.7 Å². The number of methoxy groups -OCH3 is 1. The van der Waals surface area contributed by atoms with Crippen molar-refractivity contribution in [1.82, 2.24) is 0 Å². The SMILES string of the molecule is CCCOc1ccc(/C=C/C(=O)Nc2ccccc2C(C)=O)cc1OC. The molecule has 0 spiro atoms. The molecule has 0 bridgehead atoms. The van der Waals surface area contributed by atoms with Crippen LogP contribution in [0.4, 0.5) is 5.69 Å². The molecule has 0 saturated carbocycles. The van der Waals surface area contributed by atoms with Gasteiger partial charge in [0.25, 0.3) is 0 Å². The summed E-state index contributed by atoms with van der Waals surface area (Å²) in [6.07, 6.45) is 4.00. The van der Waals surface area contributed by atoms with Crippen molar-refractivity contribution in [3.05, 3.63) is 59.7 Å².